The Morgan fingerprint density at radius 2 is 2.16 bits per heavy atom. The second-order valence-electron chi connectivity index (χ2n) is 4.94. The van der Waals surface area contributed by atoms with E-state index in [1.807, 2.05) is 24.3 Å². The van der Waals surface area contributed by atoms with Crippen LogP contribution in [0.25, 0.3) is 0 Å². The molecule has 1 heterocycles. The molecule has 0 spiro atoms. The molecule has 0 saturated carbocycles. The van der Waals surface area contributed by atoms with Crippen LogP contribution >= 0.6 is 0 Å². The summed E-state index contributed by atoms with van der Waals surface area (Å²) >= 11 is 0. The molecule has 1 saturated heterocycles. The van der Waals surface area contributed by atoms with Crippen LogP contribution in [0.3, 0.4) is 0 Å². The minimum atomic E-state index is -0.491. The smallest absolute Gasteiger partial charge is 0.118 e. The van der Waals surface area contributed by atoms with Crippen LogP contribution in [0.4, 0.5) is 0 Å². The number of methoxy groups -OCH3 is 1. The number of hydrogen-bond acceptors (Lipinski definition) is 4. The molecule has 1 aliphatic heterocycles. The van der Waals surface area contributed by atoms with Crippen molar-refractivity contribution in [2.75, 3.05) is 26.8 Å². The van der Waals surface area contributed by atoms with E-state index in [-0.39, 0.29) is 0 Å². The summed E-state index contributed by atoms with van der Waals surface area (Å²) < 4.78 is 10.7. The Balaban J connectivity index is 1.72. The molecular weight excluding hydrogens is 242 g/mol. The van der Waals surface area contributed by atoms with Crippen molar-refractivity contribution in [3.8, 4) is 5.75 Å². The van der Waals surface area contributed by atoms with Crippen LogP contribution in [0, 0.1) is 0 Å². The van der Waals surface area contributed by atoms with Gasteiger partial charge in [0.05, 0.1) is 19.3 Å². The van der Waals surface area contributed by atoms with Crippen molar-refractivity contribution < 1.29 is 14.6 Å². The van der Waals surface area contributed by atoms with E-state index >= 15 is 0 Å². The summed E-state index contributed by atoms with van der Waals surface area (Å²) in [4.78, 5) is 0. The zero-order chi connectivity index (χ0) is 13.5. The van der Waals surface area contributed by atoms with Crippen molar-refractivity contribution in [1.29, 1.82) is 0 Å². The monoisotopic (exact) mass is 265 g/mol. The lowest BCUT2D eigenvalue weighted by molar-refractivity contribution is 0.0152. The van der Waals surface area contributed by atoms with Gasteiger partial charge >= 0.3 is 0 Å². The largest absolute Gasteiger partial charge is 0.497 e. The van der Waals surface area contributed by atoms with Gasteiger partial charge in [0.1, 0.15) is 5.75 Å². The van der Waals surface area contributed by atoms with Crippen LogP contribution in [0.5, 0.6) is 5.75 Å². The first-order chi connectivity index (χ1) is 9.29. The highest BCUT2D eigenvalue weighted by Crippen LogP contribution is 2.17. The van der Waals surface area contributed by atoms with Gasteiger partial charge in [-0.15, -0.1) is 0 Å². The molecule has 106 valence electrons. The molecule has 0 aromatic heterocycles. The number of benzene rings is 1. The molecule has 4 heteroatoms. The molecule has 2 N–H and O–H groups in total. The fourth-order valence-electron chi connectivity index (χ4n) is 2.29. The van der Waals surface area contributed by atoms with Crippen LogP contribution in [0.1, 0.15) is 30.9 Å². The van der Waals surface area contributed by atoms with Crippen LogP contribution in [0.2, 0.25) is 0 Å². The third-order valence-electron chi connectivity index (χ3n) is 3.48. The fraction of sp³-hybridized carbons (Fsp3) is 0.600. The van der Waals surface area contributed by atoms with Crippen LogP contribution in [-0.4, -0.2) is 38.0 Å². The first-order valence-electron chi connectivity index (χ1n) is 6.94. The number of rotatable bonds is 6. The highest BCUT2D eigenvalue weighted by Gasteiger charge is 2.14. The Labute approximate surface area is 114 Å². The number of hydrogen-bond donors (Lipinski definition) is 2. The Hall–Kier alpha value is -1.10. The zero-order valence-corrected chi connectivity index (χ0v) is 11.5. The summed E-state index contributed by atoms with van der Waals surface area (Å²) in [7, 11) is 1.64. The van der Waals surface area contributed by atoms with Gasteiger partial charge in [0, 0.05) is 19.7 Å². The SMILES string of the molecule is COc1ccc(C(O)CNCC2CCCCO2)cc1. The molecule has 1 aromatic rings. The fourth-order valence-corrected chi connectivity index (χ4v) is 2.29. The second kappa shape index (κ2) is 7.48. The standard InChI is InChI=1S/C15H23NO3/c1-18-13-7-5-12(6-8-13)15(17)11-16-10-14-4-2-3-9-19-14/h5-8,14-17H,2-4,9-11H2,1H3. The molecular formula is C15H23NO3. The van der Waals surface area contributed by atoms with Crippen LogP contribution in [0.15, 0.2) is 24.3 Å². The number of nitrogens with one attached hydrogen (secondary N) is 1. The van der Waals surface area contributed by atoms with Gasteiger partial charge in [-0.25, -0.2) is 0 Å². The summed E-state index contributed by atoms with van der Waals surface area (Å²) in [5.41, 5.74) is 0.901. The van der Waals surface area contributed by atoms with E-state index in [2.05, 4.69) is 5.32 Å². The van der Waals surface area contributed by atoms with Crippen molar-refractivity contribution in [2.24, 2.45) is 0 Å². The lowest BCUT2D eigenvalue weighted by Crippen LogP contribution is -2.34. The van der Waals surface area contributed by atoms with Crippen LogP contribution in [-0.2, 0) is 4.74 Å². The molecule has 0 radical (unpaired) electrons. The molecule has 19 heavy (non-hydrogen) atoms. The molecule has 1 aromatic carbocycles. The topological polar surface area (TPSA) is 50.7 Å². The van der Waals surface area contributed by atoms with Gasteiger partial charge in [-0.2, -0.15) is 0 Å². The number of aliphatic hydroxyl groups is 1. The molecule has 2 atom stereocenters. The first-order valence-corrected chi connectivity index (χ1v) is 6.94. The quantitative estimate of drug-likeness (QED) is 0.824. The van der Waals surface area contributed by atoms with Crippen molar-refractivity contribution in [3.05, 3.63) is 29.8 Å². The first kappa shape index (κ1) is 14.3. The molecule has 2 unspecified atom stereocenters. The predicted molar refractivity (Wildman–Crippen MR) is 74.4 cm³/mol. The van der Waals surface area contributed by atoms with E-state index in [9.17, 15) is 5.11 Å². The molecule has 4 nitrogen and oxygen atoms in total. The van der Waals surface area contributed by atoms with Gasteiger partial charge < -0.3 is 19.9 Å². The normalized spacial score (nSPS) is 21.1. The van der Waals surface area contributed by atoms with E-state index in [0.29, 0.717) is 12.6 Å². The zero-order valence-electron chi connectivity index (χ0n) is 11.5. The Kier molecular flexibility index (Phi) is 5.63. The average Bonchev–Trinajstić information content (AvgIpc) is 2.48. The predicted octanol–water partition coefficient (Wildman–Crippen LogP) is 1.89. The maximum absolute atomic E-state index is 10.1. The minimum absolute atomic E-state index is 0.303. The highest BCUT2D eigenvalue weighted by atomic mass is 16.5. The Morgan fingerprint density at radius 1 is 1.37 bits per heavy atom. The van der Waals surface area contributed by atoms with Gasteiger partial charge in [-0.3, -0.25) is 0 Å². The molecule has 2 rings (SSSR count). The van der Waals surface area contributed by atoms with E-state index in [1.165, 1.54) is 12.8 Å². The summed E-state index contributed by atoms with van der Waals surface area (Å²) in [6.45, 7) is 2.23. The Bertz CT molecular complexity index is 360. The van der Waals surface area contributed by atoms with E-state index < -0.39 is 6.10 Å². The van der Waals surface area contributed by atoms with E-state index in [1.54, 1.807) is 7.11 Å². The summed E-state index contributed by atoms with van der Waals surface area (Å²) in [5.74, 6) is 0.805. The highest BCUT2D eigenvalue weighted by molar-refractivity contribution is 5.28. The summed E-state index contributed by atoms with van der Waals surface area (Å²) in [5, 5.41) is 13.3. The van der Waals surface area contributed by atoms with Gasteiger partial charge in [-0.1, -0.05) is 12.1 Å². The van der Waals surface area contributed by atoms with Gasteiger partial charge in [0.25, 0.3) is 0 Å². The molecule has 0 aliphatic carbocycles. The van der Waals surface area contributed by atoms with E-state index in [0.717, 1.165) is 30.9 Å². The molecule has 0 bridgehead atoms. The Morgan fingerprint density at radius 3 is 2.79 bits per heavy atom. The van der Waals surface area contributed by atoms with Crippen molar-refractivity contribution in [1.82, 2.24) is 5.32 Å². The lowest BCUT2D eigenvalue weighted by Gasteiger charge is -2.23. The van der Waals surface area contributed by atoms with Crippen molar-refractivity contribution >= 4 is 0 Å². The maximum Gasteiger partial charge on any atom is 0.118 e. The summed E-state index contributed by atoms with van der Waals surface area (Å²) in [6, 6.07) is 7.51. The van der Waals surface area contributed by atoms with Crippen molar-refractivity contribution in [3.63, 3.8) is 0 Å². The second-order valence-corrected chi connectivity index (χ2v) is 4.94. The van der Waals surface area contributed by atoms with Crippen LogP contribution < -0.4 is 10.1 Å². The van der Waals surface area contributed by atoms with Crippen molar-refractivity contribution in [2.45, 2.75) is 31.5 Å². The third-order valence-corrected chi connectivity index (χ3v) is 3.48. The molecule has 0 amide bonds. The number of aliphatic hydroxyl groups excluding tert-OH is 1. The van der Waals surface area contributed by atoms with Gasteiger partial charge in [0.2, 0.25) is 0 Å². The van der Waals surface area contributed by atoms with E-state index in [4.69, 9.17) is 9.47 Å². The minimum Gasteiger partial charge on any atom is -0.497 e. The number of ether oxygens (including phenoxy) is 2. The van der Waals surface area contributed by atoms with Gasteiger partial charge in [0.15, 0.2) is 0 Å². The summed E-state index contributed by atoms with van der Waals surface area (Å²) in [6.07, 6.45) is 3.34. The maximum atomic E-state index is 10.1. The lowest BCUT2D eigenvalue weighted by atomic mass is 10.1. The molecule has 1 fully saturated rings. The van der Waals surface area contributed by atoms with Gasteiger partial charge in [-0.05, 0) is 37.0 Å². The third kappa shape index (κ3) is 4.49. The average molecular weight is 265 g/mol. The molecule has 1 aliphatic rings.